The van der Waals surface area contributed by atoms with Gasteiger partial charge in [0.15, 0.2) is 0 Å². The molecule has 1 heterocycles. The number of rotatable bonds is 7. The summed E-state index contributed by atoms with van der Waals surface area (Å²) in [4.78, 5) is 12.9. The third-order valence-corrected chi connectivity index (χ3v) is 6.82. The van der Waals surface area contributed by atoms with Gasteiger partial charge in [0.1, 0.15) is 0 Å². The summed E-state index contributed by atoms with van der Waals surface area (Å²) in [6.45, 7) is 3.22. The van der Waals surface area contributed by atoms with Crippen LogP contribution < -0.4 is 5.32 Å². The fourth-order valence-corrected chi connectivity index (χ4v) is 4.91. The molecule has 1 aliphatic heterocycles. The van der Waals surface area contributed by atoms with Crippen LogP contribution in [0.1, 0.15) is 54.6 Å². The highest BCUT2D eigenvalue weighted by Crippen LogP contribution is 2.22. The molecule has 0 aliphatic carbocycles. The van der Waals surface area contributed by atoms with Gasteiger partial charge in [-0.2, -0.15) is 4.31 Å². The Hall–Kier alpha value is -2.18. The topological polar surface area (TPSA) is 66.5 Å². The van der Waals surface area contributed by atoms with E-state index in [0.717, 1.165) is 31.2 Å². The van der Waals surface area contributed by atoms with Crippen LogP contribution >= 0.6 is 0 Å². The Bertz CT molecular complexity index is 858. The largest absolute Gasteiger partial charge is 0.345 e. The molecule has 27 heavy (non-hydrogen) atoms. The first-order valence-corrected chi connectivity index (χ1v) is 10.9. The lowest BCUT2D eigenvalue weighted by atomic mass is 10.0. The highest BCUT2D eigenvalue weighted by molar-refractivity contribution is 7.89. The van der Waals surface area contributed by atoms with E-state index in [0.29, 0.717) is 18.7 Å². The highest BCUT2D eigenvalue weighted by atomic mass is 32.2. The third kappa shape index (κ3) is 4.57. The van der Waals surface area contributed by atoms with Crippen molar-refractivity contribution in [3.63, 3.8) is 0 Å². The zero-order chi connectivity index (χ0) is 19.3. The van der Waals surface area contributed by atoms with Gasteiger partial charge in [-0.3, -0.25) is 4.79 Å². The van der Waals surface area contributed by atoms with Gasteiger partial charge in [0.05, 0.1) is 10.9 Å². The van der Waals surface area contributed by atoms with Crippen LogP contribution in [-0.4, -0.2) is 31.7 Å². The number of hydrogen-bond acceptors (Lipinski definition) is 3. The number of benzene rings is 2. The smallest absolute Gasteiger partial charge is 0.251 e. The summed E-state index contributed by atoms with van der Waals surface area (Å²) in [5.41, 5.74) is 1.54. The molecule has 1 fully saturated rings. The maximum Gasteiger partial charge on any atom is 0.251 e. The molecule has 1 aliphatic rings. The van der Waals surface area contributed by atoms with Crippen LogP contribution in [0.2, 0.25) is 0 Å². The van der Waals surface area contributed by atoms with E-state index in [1.807, 2.05) is 30.3 Å². The van der Waals surface area contributed by atoms with Crippen LogP contribution in [0.25, 0.3) is 0 Å². The Kier molecular flexibility index (Phi) is 6.29. The maximum atomic E-state index is 12.6. The quantitative estimate of drug-likeness (QED) is 0.788. The summed E-state index contributed by atoms with van der Waals surface area (Å²) in [6, 6.07) is 16.1. The predicted octanol–water partition coefficient (Wildman–Crippen LogP) is 3.74. The zero-order valence-corrected chi connectivity index (χ0v) is 16.4. The lowest BCUT2D eigenvalue weighted by molar-refractivity contribution is 0.0934. The van der Waals surface area contributed by atoms with E-state index in [1.54, 1.807) is 12.1 Å². The van der Waals surface area contributed by atoms with Gasteiger partial charge in [-0.1, -0.05) is 43.7 Å². The average molecular weight is 387 g/mol. The molecule has 3 rings (SSSR count). The van der Waals surface area contributed by atoms with E-state index >= 15 is 0 Å². The Morgan fingerprint density at radius 1 is 1.04 bits per heavy atom. The molecule has 1 amide bonds. The summed E-state index contributed by atoms with van der Waals surface area (Å²) < 4.78 is 26.7. The molecule has 0 aromatic heterocycles. The van der Waals surface area contributed by atoms with Crippen molar-refractivity contribution in [1.29, 1.82) is 0 Å². The van der Waals surface area contributed by atoms with Crippen molar-refractivity contribution in [2.24, 2.45) is 0 Å². The van der Waals surface area contributed by atoms with Crippen LogP contribution in [-0.2, 0) is 10.0 Å². The van der Waals surface area contributed by atoms with Crippen LogP contribution in [0, 0.1) is 0 Å². The molecule has 1 N–H and O–H groups in total. The van der Waals surface area contributed by atoms with Crippen molar-refractivity contribution in [2.75, 3.05) is 13.1 Å². The van der Waals surface area contributed by atoms with Crippen LogP contribution in [0.4, 0.5) is 0 Å². The number of sulfonamides is 1. The Labute approximate surface area is 161 Å². The number of amides is 1. The Morgan fingerprint density at radius 3 is 2.26 bits per heavy atom. The molecule has 144 valence electrons. The Balaban J connectivity index is 1.73. The summed E-state index contributed by atoms with van der Waals surface area (Å²) in [5.74, 6) is -0.192. The van der Waals surface area contributed by atoms with Gasteiger partial charge >= 0.3 is 0 Å². The van der Waals surface area contributed by atoms with Gasteiger partial charge in [-0.15, -0.1) is 0 Å². The molecular weight excluding hydrogens is 360 g/mol. The molecule has 0 unspecified atom stereocenters. The first-order chi connectivity index (χ1) is 13.0. The van der Waals surface area contributed by atoms with Gasteiger partial charge < -0.3 is 5.32 Å². The van der Waals surface area contributed by atoms with Crippen molar-refractivity contribution in [3.05, 3.63) is 65.7 Å². The molecule has 2 aromatic carbocycles. The maximum absolute atomic E-state index is 12.6. The van der Waals surface area contributed by atoms with Crippen LogP contribution in [0.5, 0.6) is 0 Å². The summed E-state index contributed by atoms with van der Waals surface area (Å²) in [7, 11) is -3.45. The minimum absolute atomic E-state index is 0.0586. The van der Waals surface area contributed by atoms with Crippen molar-refractivity contribution in [3.8, 4) is 0 Å². The standard InChI is InChI=1S/C21H26N2O3S/c1-2-8-20(17-9-4-3-5-10-17)22-21(24)18-11-13-19(14-12-18)27(25,26)23-15-6-7-16-23/h3-5,9-14,20H,2,6-8,15-16H2,1H3,(H,22,24)/t20-/m1/s1. The average Bonchev–Trinajstić information content (AvgIpc) is 3.24. The molecule has 5 nitrogen and oxygen atoms in total. The first kappa shape index (κ1) is 19.6. The van der Waals surface area contributed by atoms with E-state index in [1.165, 1.54) is 16.4 Å². The van der Waals surface area contributed by atoms with E-state index in [2.05, 4.69) is 12.2 Å². The minimum Gasteiger partial charge on any atom is -0.345 e. The van der Waals surface area contributed by atoms with E-state index < -0.39 is 10.0 Å². The van der Waals surface area contributed by atoms with Crippen molar-refractivity contribution in [2.45, 2.75) is 43.5 Å². The zero-order valence-electron chi connectivity index (χ0n) is 15.6. The summed E-state index contributed by atoms with van der Waals surface area (Å²) in [5, 5.41) is 3.07. The van der Waals surface area contributed by atoms with Crippen molar-refractivity contribution in [1.82, 2.24) is 9.62 Å². The number of hydrogen-bond donors (Lipinski definition) is 1. The monoisotopic (exact) mass is 386 g/mol. The molecule has 0 spiro atoms. The summed E-state index contributed by atoms with van der Waals surface area (Å²) in [6.07, 6.45) is 3.60. The van der Waals surface area contributed by atoms with E-state index in [-0.39, 0.29) is 16.8 Å². The highest BCUT2D eigenvalue weighted by Gasteiger charge is 2.27. The lowest BCUT2D eigenvalue weighted by Gasteiger charge is -2.19. The number of nitrogens with one attached hydrogen (secondary N) is 1. The third-order valence-electron chi connectivity index (χ3n) is 4.90. The van der Waals surface area contributed by atoms with Gasteiger partial charge in [-0.05, 0) is 49.1 Å². The number of carbonyl (C=O) groups is 1. The van der Waals surface area contributed by atoms with Gasteiger partial charge in [0.2, 0.25) is 10.0 Å². The van der Waals surface area contributed by atoms with E-state index in [4.69, 9.17) is 0 Å². The van der Waals surface area contributed by atoms with Crippen LogP contribution in [0.15, 0.2) is 59.5 Å². The summed E-state index contributed by atoms with van der Waals surface area (Å²) >= 11 is 0. The second kappa shape index (κ2) is 8.67. The number of carbonyl (C=O) groups excluding carboxylic acids is 1. The molecule has 0 radical (unpaired) electrons. The molecule has 1 atom stereocenters. The van der Waals surface area contributed by atoms with Gasteiger partial charge in [0, 0.05) is 18.7 Å². The van der Waals surface area contributed by atoms with E-state index in [9.17, 15) is 13.2 Å². The second-order valence-electron chi connectivity index (χ2n) is 6.86. The number of nitrogens with zero attached hydrogens (tertiary/aromatic N) is 1. The molecular formula is C21H26N2O3S. The second-order valence-corrected chi connectivity index (χ2v) is 8.80. The predicted molar refractivity (Wildman–Crippen MR) is 106 cm³/mol. The minimum atomic E-state index is -3.45. The van der Waals surface area contributed by atoms with Crippen LogP contribution in [0.3, 0.4) is 0 Å². The SMILES string of the molecule is CCC[C@@H](NC(=O)c1ccc(S(=O)(=O)N2CCCC2)cc1)c1ccccc1. The van der Waals surface area contributed by atoms with Gasteiger partial charge in [0.25, 0.3) is 5.91 Å². The normalized spacial score (nSPS) is 16.2. The fraction of sp³-hybridized carbons (Fsp3) is 0.381. The van der Waals surface area contributed by atoms with Crippen molar-refractivity contribution >= 4 is 15.9 Å². The van der Waals surface area contributed by atoms with Crippen molar-refractivity contribution < 1.29 is 13.2 Å². The molecule has 0 bridgehead atoms. The molecule has 1 saturated heterocycles. The Morgan fingerprint density at radius 2 is 1.67 bits per heavy atom. The lowest BCUT2D eigenvalue weighted by Crippen LogP contribution is -2.29. The molecule has 6 heteroatoms. The fourth-order valence-electron chi connectivity index (χ4n) is 3.39. The first-order valence-electron chi connectivity index (χ1n) is 9.48. The molecule has 2 aromatic rings. The van der Waals surface area contributed by atoms with Gasteiger partial charge in [-0.25, -0.2) is 8.42 Å². The molecule has 0 saturated carbocycles.